The van der Waals surface area contributed by atoms with Crippen LogP contribution in [0.15, 0.2) is 0 Å². The van der Waals surface area contributed by atoms with Gasteiger partial charge in [-0.2, -0.15) is 0 Å². The van der Waals surface area contributed by atoms with E-state index < -0.39 is 0 Å². The first-order valence-corrected chi connectivity index (χ1v) is 9.94. The van der Waals surface area contributed by atoms with E-state index in [1.165, 1.54) is 25.7 Å². The second kappa shape index (κ2) is 22.8. The Bertz CT molecular complexity index is 194. The quantitative estimate of drug-likeness (QED) is 0.165. The van der Waals surface area contributed by atoms with Gasteiger partial charge in [0.1, 0.15) is 0 Å². The Balaban J connectivity index is 2.93. The zero-order chi connectivity index (χ0) is 17.6. The van der Waals surface area contributed by atoms with Gasteiger partial charge in [0.25, 0.3) is 0 Å². The number of nitrogens with two attached hydrogens (primary N) is 1. The van der Waals surface area contributed by atoms with Crippen molar-refractivity contribution in [2.45, 2.75) is 38.5 Å². The van der Waals surface area contributed by atoms with Crippen LogP contribution in [0.2, 0.25) is 0 Å². The summed E-state index contributed by atoms with van der Waals surface area (Å²) >= 11 is 0. The van der Waals surface area contributed by atoms with Gasteiger partial charge < -0.3 is 32.3 Å². The second-order valence-electron chi connectivity index (χ2n) is 6.16. The van der Waals surface area contributed by atoms with E-state index in [1.54, 1.807) is 0 Å². The van der Waals surface area contributed by atoms with Gasteiger partial charge in [-0.15, -0.1) is 0 Å². The van der Waals surface area contributed by atoms with E-state index in [1.807, 2.05) is 0 Å². The summed E-state index contributed by atoms with van der Waals surface area (Å²) in [5.41, 5.74) is 5.44. The molecule has 0 aromatic carbocycles. The van der Waals surface area contributed by atoms with E-state index in [0.29, 0.717) is 0 Å². The zero-order valence-electron chi connectivity index (χ0n) is 15.8. The van der Waals surface area contributed by atoms with Crippen LogP contribution in [-0.2, 0) is 0 Å². The Morgan fingerprint density at radius 3 is 1.04 bits per heavy atom. The standard InChI is InChI=1S/C18H43N6/c1-2-9-20-11-4-13-22-15-6-17-24-18-7-16-23-14-5-12-21-10-3-8-19/h20-24H,1-19H2. The molecule has 0 unspecified atom stereocenters. The van der Waals surface area contributed by atoms with E-state index in [0.717, 1.165) is 84.8 Å². The molecule has 0 bridgehead atoms. The first-order chi connectivity index (χ1) is 11.9. The third-order valence-corrected chi connectivity index (χ3v) is 3.74. The largest absolute Gasteiger partial charge is 0.330 e. The summed E-state index contributed by atoms with van der Waals surface area (Å²) in [6.07, 6.45) is 6.83. The maximum absolute atomic E-state index is 5.44. The van der Waals surface area contributed by atoms with Crippen molar-refractivity contribution in [3.8, 4) is 0 Å². The first kappa shape index (κ1) is 23.8. The minimum Gasteiger partial charge on any atom is -0.330 e. The third kappa shape index (κ3) is 21.8. The molecule has 0 amide bonds. The van der Waals surface area contributed by atoms with Gasteiger partial charge in [-0.25, -0.2) is 0 Å². The van der Waals surface area contributed by atoms with E-state index in [2.05, 4.69) is 33.5 Å². The van der Waals surface area contributed by atoms with Gasteiger partial charge in [-0.3, -0.25) is 0 Å². The highest BCUT2D eigenvalue weighted by Gasteiger charge is 1.92. The molecule has 145 valence electrons. The van der Waals surface area contributed by atoms with Crippen molar-refractivity contribution >= 4 is 0 Å². The lowest BCUT2D eigenvalue weighted by molar-refractivity contribution is 0.544. The van der Waals surface area contributed by atoms with Crippen LogP contribution >= 0.6 is 0 Å². The van der Waals surface area contributed by atoms with Gasteiger partial charge in [0.2, 0.25) is 0 Å². The SMILES string of the molecule is [CH2]CCNCCCNCCCNCCCNCCCNCCCN. The van der Waals surface area contributed by atoms with Crippen molar-refractivity contribution in [2.24, 2.45) is 5.73 Å². The molecule has 24 heavy (non-hydrogen) atoms. The molecule has 0 aromatic rings. The second-order valence-corrected chi connectivity index (χ2v) is 6.16. The number of nitrogens with one attached hydrogen (secondary N) is 5. The Hall–Kier alpha value is -0.240. The summed E-state index contributed by atoms with van der Waals surface area (Å²) in [6, 6.07) is 0. The van der Waals surface area contributed by atoms with E-state index in [9.17, 15) is 0 Å². The van der Waals surface area contributed by atoms with Gasteiger partial charge in [-0.05, 0) is 111 Å². The predicted molar refractivity (Wildman–Crippen MR) is 106 cm³/mol. The molecule has 0 aliphatic rings. The van der Waals surface area contributed by atoms with Gasteiger partial charge in [0.05, 0.1) is 0 Å². The summed E-state index contributed by atoms with van der Waals surface area (Å²) in [5.74, 6) is 0. The Morgan fingerprint density at radius 2 is 0.750 bits per heavy atom. The van der Waals surface area contributed by atoms with Crippen molar-refractivity contribution < 1.29 is 0 Å². The molecule has 6 nitrogen and oxygen atoms in total. The van der Waals surface area contributed by atoms with Crippen LogP contribution in [0.3, 0.4) is 0 Å². The van der Waals surface area contributed by atoms with Gasteiger partial charge in [0, 0.05) is 0 Å². The average Bonchev–Trinajstić information content (AvgIpc) is 2.60. The van der Waals surface area contributed by atoms with Gasteiger partial charge >= 0.3 is 0 Å². The third-order valence-electron chi connectivity index (χ3n) is 3.74. The lowest BCUT2D eigenvalue weighted by Crippen LogP contribution is -2.27. The summed E-state index contributed by atoms with van der Waals surface area (Å²) in [7, 11) is 0. The molecule has 0 saturated heterocycles. The molecule has 0 heterocycles. The molecular formula is C18H43N6. The molecule has 0 aliphatic heterocycles. The highest BCUT2D eigenvalue weighted by Crippen LogP contribution is 1.80. The van der Waals surface area contributed by atoms with E-state index in [-0.39, 0.29) is 0 Å². The summed E-state index contributed by atoms with van der Waals surface area (Å²) in [6.45, 7) is 15.5. The van der Waals surface area contributed by atoms with E-state index >= 15 is 0 Å². The Morgan fingerprint density at radius 1 is 0.458 bits per heavy atom. The smallest absolute Gasteiger partial charge is 0.00368 e. The minimum absolute atomic E-state index is 0.781. The maximum atomic E-state index is 5.44. The van der Waals surface area contributed by atoms with Crippen LogP contribution < -0.4 is 32.3 Å². The molecular weight excluding hydrogens is 300 g/mol. The minimum atomic E-state index is 0.781. The lowest BCUT2D eigenvalue weighted by atomic mass is 10.3. The molecule has 0 aromatic heterocycles. The number of hydrogen-bond acceptors (Lipinski definition) is 6. The first-order valence-electron chi connectivity index (χ1n) is 9.94. The highest BCUT2D eigenvalue weighted by atomic mass is 14.9. The summed E-state index contributed by atoms with van der Waals surface area (Å²) < 4.78 is 0. The average molecular weight is 344 g/mol. The summed E-state index contributed by atoms with van der Waals surface area (Å²) in [4.78, 5) is 0. The molecule has 0 fully saturated rings. The Kier molecular flexibility index (Phi) is 22.5. The fraction of sp³-hybridized carbons (Fsp3) is 0.944. The topological polar surface area (TPSA) is 86.2 Å². The van der Waals surface area contributed by atoms with Crippen LogP contribution in [0.25, 0.3) is 0 Å². The summed E-state index contributed by atoms with van der Waals surface area (Å²) in [5, 5.41) is 17.2. The van der Waals surface area contributed by atoms with Crippen LogP contribution in [-0.4, -0.2) is 72.0 Å². The lowest BCUT2D eigenvalue weighted by Gasteiger charge is -2.08. The van der Waals surface area contributed by atoms with Crippen molar-refractivity contribution in [2.75, 3.05) is 72.0 Å². The normalized spacial score (nSPS) is 11.2. The molecule has 0 saturated carbocycles. The molecule has 0 aliphatic carbocycles. The number of rotatable bonds is 21. The van der Waals surface area contributed by atoms with Crippen LogP contribution in [0.4, 0.5) is 0 Å². The molecule has 6 heteroatoms. The zero-order valence-corrected chi connectivity index (χ0v) is 15.8. The van der Waals surface area contributed by atoms with Crippen molar-refractivity contribution in [3.05, 3.63) is 6.92 Å². The van der Waals surface area contributed by atoms with Gasteiger partial charge in [0.15, 0.2) is 0 Å². The molecule has 7 N–H and O–H groups in total. The predicted octanol–water partition coefficient (Wildman–Crippen LogP) is 0.0678. The molecule has 0 spiro atoms. The maximum Gasteiger partial charge on any atom is -0.00368 e. The fourth-order valence-corrected chi connectivity index (χ4v) is 2.33. The van der Waals surface area contributed by atoms with Crippen molar-refractivity contribution in [1.82, 2.24) is 26.6 Å². The number of hydrogen-bond donors (Lipinski definition) is 6. The monoisotopic (exact) mass is 343 g/mol. The highest BCUT2D eigenvalue weighted by molar-refractivity contribution is 4.57. The van der Waals surface area contributed by atoms with Crippen LogP contribution in [0.5, 0.6) is 0 Å². The Labute approximate surface area is 150 Å². The molecule has 1 radical (unpaired) electrons. The van der Waals surface area contributed by atoms with Gasteiger partial charge in [-0.1, -0.05) is 6.92 Å². The molecule has 0 rings (SSSR count). The van der Waals surface area contributed by atoms with Crippen molar-refractivity contribution in [1.29, 1.82) is 0 Å². The van der Waals surface area contributed by atoms with Crippen molar-refractivity contribution in [3.63, 3.8) is 0 Å². The van der Waals surface area contributed by atoms with Crippen LogP contribution in [0.1, 0.15) is 38.5 Å². The molecule has 0 atom stereocenters. The van der Waals surface area contributed by atoms with E-state index in [4.69, 9.17) is 5.73 Å². The fourth-order valence-electron chi connectivity index (χ4n) is 2.33. The van der Waals surface area contributed by atoms with Crippen LogP contribution in [0, 0.1) is 6.92 Å².